The van der Waals surface area contributed by atoms with Gasteiger partial charge in [-0.05, 0) is 25.1 Å². The number of rotatable bonds is 4. The van der Waals surface area contributed by atoms with Crippen LogP contribution in [0.2, 0.25) is 0 Å². The summed E-state index contributed by atoms with van der Waals surface area (Å²) in [6.07, 6.45) is 2.03. The first-order valence-electron chi connectivity index (χ1n) is 6.18. The van der Waals surface area contributed by atoms with E-state index in [1.165, 1.54) is 5.56 Å². The van der Waals surface area contributed by atoms with E-state index in [0.29, 0.717) is 18.0 Å². The number of carbonyl (C=O) groups excluding carboxylic acids is 1. The molecule has 0 radical (unpaired) electrons. The molecule has 4 nitrogen and oxygen atoms in total. The molecule has 0 bridgehead atoms. The van der Waals surface area contributed by atoms with Gasteiger partial charge in [0.2, 0.25) is 11.8 Å². The molecule has 0 spiro atoms. The van der Waals surface area contributed by atoms with Crippen molar-refractivity contribution in [3.05, 3.63) is 48.2 Å². The number of ether oxygens (including phenoxy) is 1. The van der Waals surface area contributed by atoms with Crippen LogP contribution >= 0.6 is 0 Å². The summed E-state index contributed by atoms with van der Waals surface area (Å²) in [5, 5.41) is 2.73. The number of nitrogens with one attached hydrogen (secondary N) is 1. The molecular formula is C15H16N2O2. The monoisotopic (exact) mass is 256 g/mol. The molecule has 0 aliphatic carbocycles. The Kier molecular flexibility index (Phi) is 4.13. The van der Waals surface area contributed by atoms with E-state index >= 15 is 0 Å². The average molecular weight is 256 g/mol. The number of pyridine rings is 1. The average Bonchev–Trinajstić information content (AvgIpc) is 2.43. The summed E-state index contributed by atoms with van der Waals surface area (Å²) in [5.74, 6) is 1.20. The first-order valence-corrected chi connectivity index (χ1v) is 6.18. The minimum absolute atomic E-state index is 0.0333. The molecule has 0 fully saturated rings. The SMILES string of the molecule is CCC(=O)Nc1ccc(Oc2ccc(C)cc2)nc1. The van der Waals surface area contributed by atoms with Crippen molar-refractivity contribution < 1.29 is 9.53 Å². The molecule has 1 aromatic heterocycles. The molecule has 0 saturated carbocycles. The van der Waals surface area contributed by atoms with Gasteiger partial charge in [0.05, 0.1) is 11.9 Å². The zero-order chi connectivity index (χ0) is 13.7. The molecule has 1 heterocycles. The lowest BCUT2D eigenvalue weighted by molar-refractivity contribution is -0.115. The summed E-state index contributed by atoms with van der Waals surface area (Å²) in [7, 11) is 0. The number of aromatic nitrogens is 1. The molecule has 98 valence electrons. The summed E-state index contributed by atoms with van der Waals surface area (Å²) in [4.78, 5) is 15.4. The fraction of sp³-hybridized carbons (Fsp3) is 0.200. The van der Waals surface area contributed by atoms with E-state index in [0.717, 1.165) is 5.75 Å². The number of hydrogen-bond acceptors (Lipinski definition) is 3. The molecule has 4 heteroatoms. The van der Waals surface area contributed by atoms with E-state index in [2.05, 4.69) is 10.3 Å². The van der Waals surface area contributed by atoms with E-state index in [9.17, 15) is 4.79 Å². The van der Waals surface area contributed by atoms with Gasteiger partial charge in [0.25, 0.3) is 0 Å². The van der Waals surface area contributed by atoms with Crippen molar-refractivity contribution in [3.8, 4) is 11.6 Å². The number of carbonyl (C=O) groups is 1. The Balaban J connectivity index is 2.02. The Morgan fingerprint density at radius 1 is 1.21 bits per heavy atom. The summed E-state index contributed by atoms with van der Waals surface area (Å²) in [5.41, 5.74) is 1.85. The maximum atomic E-state index is 11.2. The maximum Gasteiger partial charge on any atom is 0.224 e. The largest absolute Gasteiger partial charge is 0.439 e. The number of aryl methyl sites for hydroxylation is 1. The lowest BCUT2D eigenvalue weighted by Crippen LogP contribution is -2.09. The zero-order valence-corrected chi connectivity index (χ0v) is 11.0. The second-order valence-corrected chi connectivity index (χ2v) is 4.20. The van der Waals surface area contributed by atoms with Gasteiger partial charge in [-0.3, -0.25) is 4.79 Å². The number of nitrogens with zero attached hydrogens (tertiary/aromatic N) is 1. The van der Waals surface area contributed by atoms with Crippen molar-refractivity contribution in [2.75, 3.05) is 5.32 Å². The van der Waals surface area contributed by atoms with E-state index in [-0.39, 0.29) is 5.91 Å². The van der Waals surface area contributed by atoms with Crippen molar-refractivity contribution in [1.29, 1.82) is 0 Å². The minimum Gasteiger partial charge on any atom is -0.439 e. The Morgan fingerprint density at radius 2 is 1.95 bits per heavy atom. The highest BCUT2D eigenvalue weighted by Gasteiger charge is 2.01. The summed E-state index contributed by atoms with van der Waals surface area (Å²) < 4.78 is 5.60. The molecular weight excluding hydrogens is 240 g/mol. The fourth-order valence-electron chi connectivity index (χ4n) is 1.49. The van der Waals surface area contributed by atoms with Gasteiger partial charge in [-0.2, -0.15) is 0 Å². The maximum absolute atomic E-state index is 11.2. The highest BCUT2D eigenvalue weighted by Crippen LogP contribution is 2.20. The quantitative estimate of drug-likeness (QED) is 0.910. The molecule has 0 aliphatic rings. The van der Waals surface area contributed by atoms with Crippen LogP contribution in [0, 0.1) is 6.92 Å². The van der Waals surface area contributed by atoms with Gasteiger partial charge in [0.15, 0.2) is 0 Å². The summed E-state index contributed by atoms with van der Waals surface area (Å²) in [6, 6.07) is 11.2. The van der Waals surface area contributed by atoms with E-state index in [1.54, 1.807) is 25.3 Å². The molecule has 1 N–H and O–H groups in total. The van der Waals surface area contributed by atoms with Crippen molar-refractivity contribution in [1.82, 2.24) is 4.98 Å². The van der Waals surface area contributed by atoms with Crippen LogP contribution in [-0.4, -0.2) is 10.9 Å². The first kappa shape index (κ1) is 13.1. The van der Waals surface area contributed by atoms with Crippen LogP contribution in [0.4, 0.5) is 5.69 Å². The van der Waals surface area contributed by atoms with Gasteiger partial charge in [0.1, 0.15) is 5.75 Å². The van der Waals surface area contributed by atoms with Gasteiger partial charge in [-0.25, -0.2) is 4.98 Å². The minimum atomic E-state index is -0.0333. The van der Waals surface area contributed by atoms with Crippen LogP contribution in [0.25, 0.3) is 0 Å². The van der Waals surface area contributed by atoms with Crippen molar-refractivity contribution >= 4 is 11.6 Å². The third-order valence-electron chi connectivity index (χ3n) is 2.58. The van der Waals surface area contributed by atoms with Crippen molar-refractivity contribution in [2.24, 2.45) is 0 Å². The second kappa shape index (κ2) is 6.00. The Morgan fingerprint density at radius 3 is 2.53 bits per heavy atom. The second-order valence-electron chi connectivity index (χ2n) is 4.20. The highest BCUT2D eigenvalue weighted by molar-refractivity contribution is 5.90. The van der Waals surface area contributed by atoms with Crippen LogP contribution in [0.15, 0.2) is 42.6 Å². The van der Waals surface area contributed by atoms with Crippen molar-refractivity contribution in [2.45, 2.75) is 20.3 Å². The summed E-state index contributed by atoms with van der Waals surface area (Å²) >= 11 is 0. The zero-order valence-electron chi connectivity index (χ0n) is 11.0. The Labute approximate surface area is 112 Å². The fourth-order valence-corrected chi connectivity index (χ4v) is 1.49. The van der Waals surface area contributed by atoms with Gasteiger partial charge < -0.3 is 10.1 Å². The molecule has 0 aliphatic heterocycles. The highest BCUT2D eigenvalue weighted by atomic mass is 16.5. The molecule has 0 saturated heterocycles. The number of hydrogen-bond donors (Lipinski definition) is 1. The molecule has 1 aromatic carbocycles. The van der Waals surface area contributed by atoms with Crippen LogP contribution < -0.4 is 10.1 Å². The Bertz CT molecular complexity index is 547. The lowest BCUT2D eigenvalue weighted by Gasteiger charge is -2.06. The topological polar surface area (TPSA) is 51.2 Å². The van der Waals surface area contributed by atoms with E-state index in [4.69, 9.17) is 4.74 Å². The predicted molar refractivity (Wildman–Crippen MR) is 74.4 cm³/mol. The molecule has 19 heavy (non-hydrogen) atoms. The predicted octanol–water partition coefficient (Wildman–Crippen LogP) is 3.53. The third-order valence-corrected chi connectivity index (χ3v) is 2.58. The van der Waals surface area contributed by atoms with Gasteiger partial charge >= 0.3 is 0 Å². The van der Waals surface area contributed by atoms with Gasteiger partial charge in [0, 0.05) is 12.5 Å². The number of benzene rings is 1. The molecule has 2 rings (SSSR count). The van der Waals surface area contributed by atoms with Crippen LogP contribution in [0.5, 0.6) is 11.6 Å². The van der Waals surface area contributed by atoms with Crippen LogP contribution in [0.1, 0.15) is 18.9 Å². The molecule has 0 atom stereocenters. The number of anilines is 1. The van der Waals surface area contributed by atoms with Crippen LogP contribution in [-0.2, 0) is 4.79 Å². The standard InChI is InChI=1S/C15H16N2O2/c1-3-14(18)17-12-6-9-15(16-10-12)19-13-7-4-11(2)5-8-13/h4-10H,3H2,1-2H3,(H,17,18). The normalized spacial score (nSPS) is 10.0. The van der Waals surface area contributed by atoms with Crippen molar-refractivity contribution in [3.63, 3.8) is 0 Å². The molecule has 1 amide bonds. The van der Waals surface area contributed by atoms with E-state index in [1.807, 2.05) is 31.2 Å². The first-order chi connectivity index (χ1) is 9.17. The lowest BCUT2D eigenvalue weighted by atomic mass is 10.2. The van der Waals surface area contributed by atoms with Gasteiger partial charge in [-0.15, -0.1) is 0 Å². The van der Waals surface area contributed by atoms with E-state index < -0.39 is 0 Å². The van der Waals surface area contributed by atoms with Crippen LogP contribution in [0.3, 0.4) is 0 Å². The number of amides is 1. The third kappa shape index (κ3) is 3.81. The molecule has 2 aromatic rings. The Hall–Kier alpha value is -2.36. The summed E-state index contributed by atoms with van der Waals surface area (Å²) in [6.45, 7) is 3.82. The molecule has 0 unspecified atom stereocenters. The smallest absolute Gasteiger partial charge is 0.224 e. The van der Waals surface area contributed by atoms with Gasteiger partial charge in [-0.1, -0.05) is 24.6 Å².